The van der Waals surface area contributed by atoms with Crippen molar-refractivity contribution in [1.29, 1.82) is 0 Å². The summed E-state index contributed by atoms with van der Waals surface area (Å²) in [5, 5.41) is 13.2. The quantitative estimate of drug-likeness (QED) is 0.510. The van der Waals surface area contributed by atoms with Gasteiger partial charge in [-0.2, -0.15) is 0 Å². The zero-order chi connectivity index (χ0) is 16.1. The minimum Gasteiger partial charge on any atom is -0.308 e. The average molecular weight is 338 g/mol. The topological polar surface area (TPSA) is 85.1 Å². The number of nitro benzene ring substituents is 1. The summed E-state index contributed by atoms with van der Waals surface area (Å²) in [6.07, 6.45) is 1.54. The number of anilines is 1. The number of rotatable bonds is 5. The Morgan fingerprint density at radius 3 is 2.64 bits per heavy atom. The molecule has 0 radical (unpaired) electrons. The van der Waals surface area contributed by atoms with E-state index in [1.165, 1.54) is 30.1 Å². The van der Waals surface area contributed by atoms with Gasteiger partial charge < -0.3 is 5.32 Å². The Morgan fingerprint density at radius 1 is 1.36 bits per heavy atom. The molecule has 1 aromatic carbocycles. The van der Waals surface area contributed by atoms with Crippen molar-refractivity contribution in [3.63, 3.8) is 0 Å². The fourth-order valence-electron chi connectivity index (χ4n) is 1.60. The van der Waals surface area contributed by atoms with Gasteiger partial charge in [0.1, 0.15) is 0 Å². The molecular weight excluding hydrogens is 326 g/mol. The molecule has 0 aliphatic heterocycles. The molecule has 0 aliphatic rings. The van der Waals surface area contributed by atoms with Crippen molar-refractivity contribution in [1.82, 2.24) is 4.98 Å². The standard InChI is InChI=1S/C14H12ClN3O3S/c1-9(14(19)17-13-12(15)3-2-8-16-13)22-11-6-4-10(5-7-11)18(20)21/h2-9H,1H3,(H,16,17,19). The number of thioether (sulfide) groups is 1. The number of non-ortho nitro benzene ring substituents is 1. The Morgan fingerprint density at radius 2 is 2.05 bits per heavy atom. The first-order chi connectivity index (χ1) is 10.5. The highest BCUT2D eigenvalue weighted by molar-refractivity contribution is 8.00. The van der Waals surface area contributed by atoms with E-state index in [2.05, 4.69) is 10.3 Å². The van der Waals surface area contributed by atoms with E-state index in [1.54, 1.807) is 31.2 Å². The predicted molar refractivity (Wildman–Crippen MR) is 86.3 cm³/mol. The number of hydrogen-bond donors (Lipinski definition) is 1. The van der Waals surface area contributed by atoms with Crippen molar-refractivity contribution < 1.29 is 9.72 Å². The van der Waals surface area contributed by atoms with Crippen molar-refractivity contribution >= 4 is 40.8 Å². The second-order valence-electron chi connectivity index (χ2n) is 4.33. The van der Waals surface area contributed by atoms with Crippen LogP contribution in [0.15, 0.2) is 47.5 Å². The largest absolute Gasteiger partial charge is 0.308 e. The summed E-state index contributed by atoms with van der Waals surface area (Å²) in [6, 6.07) is 9.34. The fraction of sp³-hybridized carbons (Fsp3) is 0.143. The lowest BCUT2D eigenvalue weighted by Crippen LogP contribution is -2.23. The van der Waals surface area contributed by atoms with Crippen LogP contribution in [0.4, 0.5) is 11.5 Å². The van der Waals surface area contributed by atoms with Crippen molar-refractivity contribution in [2.24, 2.45) is 0 Å². The Kier molecular flexibility index (Phi) is 5.35. The third-order valence-corrected chi connectivity index (χ3v) is 4.15. The molecule has 0 spiro atoms. The normalized spacial score (nSPS) is 11.7. The maximum atomic E-state index is 12.1. The van der Waals surface area contributed by atoms with Crippen LogP contribution < -0.4 is 5.32 Å². The van der Waals surface area contributed by atoms with Gasteiger partial charge in [0.05, 0.1) is 15.2 Å². The molecule has 1 aromatic heterocycles. The summed E-state index contributed by atoms with van der Waals surface area (Å²) in [5.41, 5.74) is 0.0155. The molecule has 0 saturated carbocycles. The molecule has 1 amide bonds. The number of carbonyl (C=O) groups is 1. The van der Waals surface area contributed by atoms with E-state index in [0.717, 1.165) is 4.90 Å². The number of nitro groups is 1. The Labute approximate surface area is 136 Å². The summed E-state index contributed by atoms with van der Waals surface area (Å²) in [4.78, 5) is 27.0. The number of hydrogen-bond acceptors (Lipinski definition) is 5. The van der Waals surface area contributed by atoms with E-state index in [4.69, 9.17) is 11.6 Å². The number of pyridine rings is 1. The first-order valence-electron chi connectivity index (χ1n) is 6.30. The van der Waals surface area contributed by atoms with Gasteiger partial charge in [-0.3, -0.25) is 14.9 Å². The first-order valence-corrected chi connectivity index (χ1v) is 7.55. The molecule has 0 saturated heterocycles. The molecular formula is C14H12ClN3O3S. The van der Waals surface area contributed by atoms with Crippen LogP contribution in [0.3, 0.4) is 0 Å². The van der Waals surface area contributed by atoms with Gasteiger partial charge in [-0.15, -0.1) is 11.8 Å². The smallest absolute Gasteiger partial charge is 0.269 e. The van der Waals surface area contributed by atoms with Crippen LogP contribution in [0.2, 0.25) is 5.02 Å². The number of halogens is 1. The Bertz CT molecular complexity index is 694. The molecule has 22 heavy (non-hydrogen) atoms. The molecule has 0 bridgehead atoms. The van der Waals surface area contributed by atoms with E-state index < -0.39 is 10.2 Å². The van der Waals surface area contributed by atoms with Crippen molar-refractivity contribution in [3.8, 4) is 0 Å². The van der Waals surface area contributed by atoms with Crippen molar-refractivity contribution in [2.75, 3.05) is 5.32 Å². The lowest BCUT2D eigenvalue weighted by Gasteiger charge is -2.12. The molecule has 0 aliphatic carbocycles. The van der Waals surface area contributed by atoms with Crippen molar-refractivity contribution in [2.45, 2.75) is 17.1 Å². The molecule has 1 heterocycles. The highest BCUT2D eigenvalue weighted by atomic mass is 35.5. The Hall–Kier alpha value is -2.12. The van der Waals surface area contributed by atoms with Gasteiger partial charge in [0.15, 0.2) is 5.82 Å². The van der Waals surface area contributed by atoms with Gasteiger partial charge in [0.25, 0.3) is 5.69 Å². The molecule has 6 nitrogen and oxygen atoms in total. The zero-order valence-corrected chi connectivity index (χ0v) is 13.1. The monoisotopic (exact) mass is 337 g/mol. The predicted octanol–water partition coefficient (Wildman–Crippen LogP) is 3.76. The van der Waals surface area contributed by atoms with Crippen LogP contribution in [0.25, 0.3) is 0 Å². The summed E-state index contributed by atoms with van der Waals surface area (Å²) >= 11 is 7.22. The van der Waals surface area contributed by atoms with Gasteiger partial charge in [-0.25, -0.2) is 4.98 Å². The van der Waals surface area contributed by atoms with E-state index in [-0.39, 0.29) is 11.6 Å². The van der Waals surface area contributed by atoms with E-state index in [1.807, 2.05) is 0 Å². The van der Waals surface area contributed by atoms with Crippen molar-refractivity contribution in [3.05, 3.63) is 57.7 Å². The number of nitrogens with one attached hydrogen (secondary N) is 1. The highest BCUT2D eigenvalue weighted by Gasteiger charge is 2.16. The molecule has 1 N–H and O–H groups in total. The lowest BCUT2D eigenvalue weighted by atomic mass is 10.3. The van der Waals surface area contributed by atoms with Gasteiger partial charge in [-0.05, 0) is 31.2 Å². The number of benzene rings is 1. The lowest BCUT2D eigenvalue weighted by molar-refractivity contribution is -0.384. The minimum atomic E-state index is -0.465. The second-order valence-corrected chi connectivity index (χ2v) is 6.16. The maximum absolute atomic E-state index is 12.1. The van der Waals surface area contributed by atoms with Gasteiger partial charge >= 0.3 is 0 Å². The summed E-state index contributed by atoms with van der Waals surface area (Å²) in [7, 11) is 0. The van der Waals surface area contributed by atoms with Gasteiger partial charge in [-0.1, -0.05) is 11.6 Å². The van der Waals surface area contributed by atoms with E-state index >= 15 is 0 Å². The molecule has 0 fully saturated rings. The van der Waals surface area contributed by atoms with E-state index in [0.29, 0.717) is 10.8 Å². The van der Waals surface area contributed by atoms with Crippen LogP contribution in [-0.4, -0.2) is 21.1 Å². The van der Waals surface area contributed by atoms with Crippen LogP contribution in [0.5, 0.6) is 0 Å². The SMILES string of the molecule is CC(Sc1ccc([N+](=O)[O-])cc1)C(=O)Nc1ncccc1Cl. The third kappa shape index (κ3) is 4.19. The van der Waals surface area contributed by atoms with Gasteiger partial charge in [0, 0.05) is 23.2 Å². The number of aromatic nitrogens is 1. The summed E-state index contributed by atoms with van der Waals surface area (Å²) < 4.78 is 0. The van der Waals surface area contributed by atoms with Crippen LogP contribution >= 0.6 is 23.4 Å². The molecule has 114 valence electrons. The molecule has 1 atom stereocenters. The Balaban J connectivity index is 1.99. The number of nitrogens with zero attached hydrogens (tertiary/aromatic N) is 2. The average Bonchev–Trinajstić information content (AvgIpc) is 2.50. The molecule has 1 unspecified atom stereocenters. The van der Waals surface area contributed by atoms with Crippen LogP contribution in [0.1, 0.15) is 6.92 Å². The molecule has 2 rings (SSSR count). The fourth-order valence-corrected chi connectivity index (χ4v) is 2.64. The summed E-state index contributed by atoms with van der Waals surface area (Å²) in [6.45, 7) is 1.73. The van der Waals surface area contributed by atoms with Crippen LogP contribution in [0, 0.1) is 10.1 Å². The highest BCUT2D eigenvalue weighted by Crippen LogP contribution is 2.26. The zero-order valence-electron chi connectivity index (χ0n) is 11.5. The summed E-state index contributed by atoms with van der Waals surface area (Å²) in [5.74, 6) is 0.0641. The molecule has 2 aromatic rings. The number of carbonyl (C=O) groups excluding carboxylic acids is 1. The van der Waals surface area contributed by atoms with E-state index in [9.17, 15) is 14.9 Å². The minimum absolute atomic E-state index is 0.0155. The number of amides is 1. The van der Waals surface area contributed by atoms with Gasteiger partial charge in [0.2, 0.25) is 5.91 Å². The molecule has 8 heteroatoms. The third-order valence-electron chi connectivity index (χ3n) is 2.73. The van der Waals surface area contributed by atoms with Crippen LogP contribution in [-0.2, 0) is 4.79 Å². The maximum Gasteiger partial charge on any atom is 0.269 e. The second kappa shape index (κ2) is 7.24. The first kappa shape index (κ1) is 16.3.